The van der Waals surface area contributed by atoms with E-state index in [0.29, 0.717) is 16.8 Å². The highest BCUT2D eigenvalue weighted by Crippen LogP contribution is 2.38. The quantitative estimate of drug-likeness (QED) is 0.504. The summed E-state index contributed by atoms with van der Waals surface area (Å²) in [6, 6.07) is 24.6. The summed E-state index contributed by atoms with van der Waals surface area (Å²) in [5.41, 5.74) is 2.82. The molecule has 1 aliphatic heterocycles. The molecule has 1 saturated heterocycles. The first kappa shape index (κ1) is 18.4. The number of hydrogen-bond acceptors (Lipinski definition) is 5. The summed E-state index contributed by atoms with van der Waals surface area (Å²) in [5.74, 6) is 0.499. The van der Waals surface area contributed by atoms with Crippen LogP contribution in [0.1, 0.15) is 0 Å². The summed E-state index contributed by atoms with van der Waals surface area (Å²) in [5, 5.41) is 9.41. The Hall–Kier alpha value is -3.64. The molecule has 1 aromatic heterocycles. The second-order valence-electron chi connectivity index (χ2n) is 6.92. The molecule has 30 heavy (non-hydrogen) atoms. The average molecular weight is 412 g/mol. The predicted molar refractivity (Wildman–Crippen MR) is 121 cm³/mol. The number of benzene rings is 3. The van der Waals surface area contributed by atoms with E-state index in [-0.39, 0.29) is 16.8 Å². The van der Waals surface area contributed by atoms with Gasteiger partial charge >= 0.3 is 5.63 Å². The zero-order valence-electron chi connectivity index (χ0n) is 15.8. The molecule has 5 rings (SSSR count). The average Bonchev–Trinajstić information content (AvgIpc) is 3.12. The van der Waals surface area contributed by atoms with Crippen LogP contribution in [0.25, 0.3) is 33.2 Å². The smallest absolute Gasteiger partial charge is 0.344 e. The molecular weight excluding hydrogens is 396 g/mol. The van der Waals surface area contributed by atoms with E-state index in [1.165, 1.54) is 0 Å². The minimum Gasteiger partial charge on any atom is -0.422 e. The number of hydrogen-bond donors (Lipinski definition) is 1. The molecule has 4 aromatic rings. The molecular formula is C24H16N2O3S. The minimum absolute atomic E-state index is 0.0686. The SMILES string of the molecule is N=C1SC(=O)CN1c1ccc2c(=O)oc(-c3ccccc3)c(-c3ccccc3)c2c1. The van der Waals surface area contributed by atoms with Crippen LogP contribution in [0.5, 0.6) is 0 Å². The molecule has 1 fully saturated rings. The summed E-state index contributed by atoms with van der Waals surface area (Å²) in [4.78, 5) is 26.3. The molecule has 146 valence electrons. The monoisotopic (exact) mass is 412 g/mol. The highest BCUT2D eigenvalue weighted by molar-refractivity contribution is 8.27. The minimum atomic E-state index is -0.419. The van der Waals surface area contributed by atoms with Gasteiger partial charge in [0.1, 0.15) is 5.76 Å². The van der Waals surface area contributed by atoms with Crippen molar-refractivity contribution in [3.8, 4) is 22.5 Å². The third kappa shape index (κ3) is 3.11. The van der Waals surface area contributed by atoms with Gasteiger partial charge in [-0.25, -0.2) is 4.79 Å². The number of thioether (sulfide) groups is 1. The van der Waals surface area contributed by atoms with Crippen molar-refractivity contribution in [1.29, 1.82) is 5.41 Å². The molecule has 5 nitrogen and oxygen atoms in total. The third-order valence-electron chi connectivity index (χ3n) is 5.07. The van der Waals surface area contributed by atoms with Crippen molar-refractivity contribution in [3.05, 3.63) is 89.3 Å². The Bertz CT molecular complexity index is 1350. The van der Waals surface area contributed by atoms with Gasteiger partial charge in [-0.3, -0.25) is 10.2 Å². The lowest BCUT2D eigenvalue weighted by Gasteiger charge is -2.18. The van der Waals surface area contributed by atoms with Crippen LogP contribution in [-0.4, -0.2) is 16.8 Å². The van der Waals surface area contributed by atoms with E-state index in [2.05, 4.69) is 0 Å². The van der Waals surface area contributed by atoms with Crippen molar-refractivity contribution >= 4 is 38.5 Å². The maximum Gasteiger partial charge on any atom is 0.344 e. The predicted octanol–water partition coefficient (Wildman–Crippen LogP) is 5.14. The number of nitrogens with one attached hydrogen (secondary N) is 1. The van der Waals surface area contributed by atoms with Gasteiger partial charge in [0.2, 0.25) is 5.12 Å². The first-order valence-corrected chi connectivity index (χ1v) is 10.2. The Balaban J connectivity index is 1.84. The van der Waals surface area contributed by atoms with Crippen molar-refractivity contribution in [2.24, 2.45) is 0 Å². The molecule has 0 radical (unpaired) electrons. The molecule has 0 saturated carbocycles. The topological polar surface area (TPSA) is 74.4 Å². The molecule has 0 spiro atoms. The standard InChI is InChI=1S/C24H16N2O3S/c25-24-26(14-20(27)30-24)17-11-12-18-19(13-17)21(15-7-3-1-4-8-15)22(29-23(18)28)16-9-5-2-6-10-16/h1-13,25H,14H2. The van der Waals surface area contributed by atoms with Gasteiger partial charge in [-0.2, -0.15) is 0 Å². The van der Waals surface area contributed by atoms with E-state index in [9.17, 15) is 9.59 Å². The summed E-state index contributed by atoms with van der Waals surface area (Å²) in [6.45, 7) is 0.142. The van der Waals surface area contributed by atoms with E-state index < -0.39 is 5.63 Å². The van der Waals surface area contributed by atoms with Crippen LogP contribution in [0, 0.1) is 5.41 Å². The second-order valence-corrected chi connectivity index (χ2v) is 7.97. The summed E-state index contributed by atoms with van der Waals surface area (Å²) >= 11 is 0.923. The van der Waals surface area contributed by atoms with Crippen molar-refractivity contribution in [1.82, 2.24) is 0 Å². The molecule has 0 bridgehead atoms. The molecule has 1 aliphatic rings. The summed E-state index contributed by atoms with van der Waals surface area (Å²) in [6.07, 6.45) is 0. The highest BCUT2D eigenvalue weighted by Gasteiger charge is 2.27. The van der Waals surface area contributed by atoms with Crippen molar-refractivity contribution < 1.29 is 9.21 Å². The molecule has 0 aliphatic carbocycles. The van der Waals surface area contributed by atoms with E-state index >= 15 is 0 Å². The zero-order valence-corrected chi connectivity index (χ0v) is 16.6. The van der Waals surface area contributed by atoms with Crippen LogP contribution in [0.2, 0.25) is 0 Å². The number of carbonyl (C=O) groups excluding carboxylic acids is 1. The maximum absolute atomic E-state index is 12.8. The van der Waals surface area contributed by atoms with Gasteiger partial charge in [0.25, 0.3) is 0 Å². The molecule has 2 heterocycles. The Kier molecular flexibility index (Phi) is 4.48. The maximum atomic E-state index is 12.8. The second kappa shape index (κ2) is 7.31. The van der Waals surface area contributed by atoms with E-state index in [1.807, 2.05) is 66.7 Å². The molecule has 0 amide bonds. The fourth-order valence-corrected chi connectivity index (χ4v) is 4.38. The van der Waals surface area contributed by atoms with Crippen LogP contribution in [-0.2, 0) is 4.79 Å². The molecule has 0 unspecified atom stereocenters. The number of carbonyl (C=O) groups is 1. The van der Waals surface area contributed by atoms with Gasteiger partial charge in [0, 0.05) is 22.2 Å². The highest BCUT2D eigenvalue weighted by atomic mass is 32.2. The number of amidine groups is 1. The van der Waals surface area contributed by atoms with Crippen molar-refractivity contribution in [3.63, 3.8) is 0 Å². The number of anilines is 1. The molecule has 3 aromatic carbocycles. The fourth-order valence-electron chi connectivity index (χ4n) is 3.69. The lowest BCUT2D eigenvalue weighted by atomic mass is 9.95. The van der Waals surface area contributed by atoms with Gasteiger partial charge in [-0.15, -0.1) is 0 Å². The van der Waals surface area contributed by atoms with E-state index in [0.717, 1.165) is 33.8 Å². The van der Waals surface area contributed by atoms with Gasteiger partial charge in [0.05, 0.1) is 11.9 Å². The van der Waals surface area contributed by atoms with E-state index in [1.54, 1.807) is 17.0 Å². The van der Waals surface area contributed by atoms with Gasteiger partial charge in [0.15, 0.2) is 5.17 Å². The summed E-state index contributed by atoms with van der Waals surface area (Å²) < 4.78 is 5.80. The van der Waals surface area contributed by atoms with Crippen LogP contribution >= 0.6 is 11.8 Å². The molecule has 6 heteroatoms. The van der Waals surface area contributed by atoms with Crippen molar-refractivity contribution in [2.75, 3.05) is 11.4 Å². The zero-order chi connectivity index (χ0) is 20.7. The lowest BCUT2D eigenvalue weighted by Crippen LogP contribution is -2.23. The molecule has 1 N–H and O–H groups in total. The van der Waals surface area contributed by atoms with Crippen LogP contribution in [0.4, 0.5) is 5.69 Å². The number of rotatable bonds is 3. The number of fused-ring (bicyclic) bond motifs is 1. The van der Waals surface area contributed by atoms with Crippen LogP contribution in [0.15, 0.2) is 88.1 Å². The fraction of sp³-hybridized carbons (Fsp3) is 0.0417. The normalized spacial score (nSPS) is 13.9. The lowest BCUT2D eigenvalue weighted by molar-refractivity contribution is -0.109. The Labute approximate surface area is 176 Å². The van der Waals surface area contributed by atoms with Crippen molar-refractivity contribution in [2.45, 2.75) is 0 Å². The third-order valence-corrected chi connectivity index (χ3v) is 5.84. The first-order valence-electron chi connectivity index (χ1n) is 9.40. The van der Waals surface area contributed by atoms with Crippen LogP contribution in [0.3, 0.4) is 0 Å². The van der Waals surface area contributed by atoms with Gasteiger partial charge in [-0.05, 0) is 35.5 Å². The van der Waals surface area contributed by atoms with Gasteiger partial charge in [-0.1, -0.05) is 60.7 Å². The Morgan fingerprint density at radius 1 is 0.833 bits per heavy atom. The largest absolute Gasteiger partial charge is 0.422 e. The van der Waals surface area contributed by atoms with E-state index in [4.69, 9.17) is 9.83 Å². The number of nitrogens with zero attached hydrogens (tertiary/aromatic N) is 1. The Morgan fingerprint density at radius 2 is 1.50 bits per heavy atom. The first-order chi connectivity index (χ1) is 14.6. The Morgan fingerprint density at radius 3 is 2.13 bits per heavy atom. The summed E-state index contributed by atoms with van der Waals surface area (Å²) in [7, 11) is 0. The van der Waals surface area contributed by atoms with Crippen LogP contribution < -0.4 is 10.5 Å². The van der Waals surface area contributed by atoms with Gasteiger partial charge < -0.3 is 9.32 Å². The molecule has 0 atom stereocenters.